The molecule has 1 saturated heterocycles. The summed E-state index contributed by atoms with van der Waals surface area (Å²) in [5.74, 6) is 1.71. The van der Waals surface area contributed by atoms with Crippen LogP contribution < -0.4 is 10.1 Å². The lowest BCUT2D eigenvalue weighted by Crippen LogP contribution is -2.34. The van der Waals surface area contributed by atoms with Crippen molar-refractivity contribution < 1.29 is 19.1 Å². The molecule has 2 atom stereocenters. The van der Waals surface area contributed by atoms with Crippen LogP contribution in [0.5, 0.6) is 5.75 Å². The maximum atomic E-state index is 12.0. The van der Waals surface area contributed by atoms with Crippen molar-refractivity contribution in [3.63, 3.8) is 0 Å². The Morgan fingerprint density at radius 3 is 2.64 bits per heavy atom. The molecule has 1 aliphatic rings. The Morgan fingerprint density at radius 2 is 2.00 bits per heavy atom. The van der Waals surface area contributed by atoms with Gasteiger partial charge in [0.15, 0.2) is 5.78 Å². The van der Waals surface area contributed by atoms with Gasteiger partial charge in [0, 0.05) is 31.1 Å². The summed E-state index contributed by atoms with van der Waals surface area (Å²) in [5.41, 5.74) is 0.669. The number of carbonyl (C=O) groups is 2. The fourth-order valence-corrected chi connectivity index (χ4v) is 3.15. The SMILES string of the molecule is CC(=O)c1ccc(OCCCC(=O)NC[C@H]2CCO[C@H]2C(C)C)cc1. The maximum absolute atomic E-state index is 12.0. The minimum Gasteiger partial charge on any atom is -0.494 e. The monoisotopic (exact) mass is 347 g/mol. The summed E-state index contributed by atoms with van der Waals surface area (Å²) in [4.78, 5) is 23.2. The number of hydrogen-bond acceptors (Lipinski definition) is 4. The third kappa shape index (κ3) is 6.16. The summed E-state index contributed by atoms with van der Waals surface area (Å²) < 4.78 is 11.3. The highest BCUT2D eigenvalue weighted by Crippen LogP contribution is 2.26. The summed E-state index contributed by atoms with van der Waals surface area (Å²) in [6.07, 6.45) is 2.38. The molecule has 25 heavy (non-hydrogen) atoms. The second kappa shape index (κ2) is 9.56. The number of Topliss-reactive ketones (excluding diaryl/α,β-unsaturated/α-hetero) is 1. The molecule has 1 fully saturated rings. The fraction of sp³-hybridized carbons (Fsp3) is 0.600. The molecule has 0 unspecified atom stereocenters. The maximum Gasteiger partial charge on any atom is 0.220 e. The number of benzene rings is 1. The summed E-state index contributed by atoms with van der Waals surface area (Å²) in [7, 11) is 0. The van der Waals surface area contributed by atoms with Crippen LogP contribution in [-0.2, 0) is 9.53 Å². The number of amides is 1. The first-order valence-corrected chi connectivity index (χ1v) is 9.09. The van der Waals surface area contributed by atoms with Crippen molar-refractivity contribution in [1.29, 1.82) is 0 Å². The molecule has 0 radical (unpaired) electrons. The van der Waals surface area contributed by atoms with E-state index in [1.807, 2.05) is 0 Å². The average molecular weight is 347 g/mol. The van der Waals surface area contributed by atoms with Crippen molar-refractivity contribution in [2.45, 2.75) is 46.1 Å². The largest absolute Gasteiger partial charge is 0.494 e. The van der Waals surface area contributed by atoms with Crippen LogP contribution in [0.25, 0.3) is 0 Å². The Kier molecular flexibility index (Phi) is 7.44. The minimum atomic E-state index is 0.0376. The lowest BCUT2D eigenvalue weighted by atomic mass is 9.93. The second-order valence-electron chi connectivity index (χ2n) is 6.96. The van der Waals surface area contributed by atoms with Gasteiger partial charge in [0.25, 0.3) is 0 Å². The van der Waals surface area contributed by atoms with Crippen LogP contribution in [0.15, 0.2) is 24.3 Å². The van der Waals surface area contributed by atoms with Gasteiger partial charge >= 0.3 is 0 Å². The van der Waals surface area contributed by atoms with Gasteiger partial charge in [0.1, 0.15) is 5.75 Å². The van der Waals surface area contributed by atoms with Crippen LogP contribution in [0.2, 0.25) is 0 Å². The number of rotatable bonds is 9. The third-order valence-corrected chi connectivity index (χ3v) is 4.56. The number of ether oxygens (including phenoxy) is 2. The molecular formula is C20H29NO4. The van der Waals surface area contributed by atoms with Gasteiger partial charge in [-0.1, -0.05) is 13.8 Å². The van der Waals surface area contributed by atoms with Crippen LogP contribution in [-0.4, -0.2) is 37.6 Å². The van der Waals surface area contributed by atoms with Gasteiger partial charge in [-0.05, 0) is 49.9 Å². The molecule has 0 aromatic heterocycles. The van der Waals surface area contributed by atoms with Crippen LogP contribution in [0.4, 0.5) is 0 Å². The molecule has 1 aromatic rings. The van der Waals surface area contributed by atoms with E-state index in [4.69, 9.17) is 9.47 Å². The summed E-state index contributed by atoms with van der Waals surface area (Å²) in [6, 6.07) is 7.06. The predicted molar refractivity (Wildman–Crippen MR) is 96.9 cm³/mol. The lowest BCUT2D eigenvalue weighted by molar-refractivity contribution is -0.121. The van der Waals surface area contributed by atoms with E-state index in [-0.39, 0.29) is 17.8 Å². The zero-order chi connectivity index (χ0) is 18.2. The quantitative estimate of drug-likeness (QED) is 0.550. The van der Waals surface area contributed by atoms with Gasteiger partial charge < -0.3 is 14.8 Å². The highest BCUT2D eigenvalue weighted by molar-refractivity contribution is 5.94. The Labute approximate surface area is 150 Å². The first-order valence-electron chi connectivity index (χ1n) is 9.09. The fourth-order valence-electron chi connectivity index (χ4n) is 3.15. The molecule has 1 amide bonds. The number of hydrogen-bond donors (Lipinski definition) is 1. The topological polar surface area (TPSA) is 64.6 Å². The van der Waals surface area contributed by atoms with Crippen molar-refractivity contribution in [3.05, 3.63) is 29.8 Å². The molecule has 1 heterocycles. The van der Waals surface area contributed by atoms with E-state index in [1.165, 1.54) is 6.92 Å². The molecule has 5 nitrogen and oxygen atoms in total. The van der Waals surface area contributed by atoms with Gasteiger partial charge in [-0.3, -0.25) is 9.59 Å². The number of nitrogens with one attached hydrogen (secondary N) is 1. The van der Waals surface area contributed by atoms with Crippen LogP contribution >= 0.6 is 0 Å². The zero-order valence-corrected chi connectivity index (χ0v) is 15.4. The first-order chi connectivity index (χ1) is 12.0. The van der Waals surface area contributed by atoms with Gasteiger partial charge in [0.2, 0.25) is 5.91 Å². The first kappa shape index (κ1) is 19.4. The molecule has 1 aromatic carbocycles. The normalized spacial score (nSPS) is 19.8. The molecule has 0 bridgehead atoms. The van der Waals surface area contributed by atoms with E-state index < -0.39 is 0 Å². The van der Waals surface area contributed by atoms with Crippen molar-refractivity contribution in [1.82, 2.24) is 5.32 Å². The molecule has 0 spiro atoms. The van der Waals surface area contributed by atoms with Crippen molar-refractivity contribution in [2.24, 2.45) is 11.8 Å². The Hall–Kier alpha value is -1.88. The van der Waals surface area contributed by atoms with E-state index in [9.17, 15) is 9.59 Å². The molecule has 0 saturated carbocycles. The highest BCUT2D eigenvalue weighted by atomic mass is 16.5. The molecular weight excluding hydrogens is 318 g/mol. The molecule has 138 valence electrons. The van der Waals surface area contributed by atoms with Crippen LogP contribution in [0.3, 0.4) is 0 Å². The van der Waals surface area contributed by atoms with E-state index in [1.54, 1.807) is 24.3 Å². The number of carbonyl (C=O) groups excluding carboxylic acids is 2. The molecule has 0 aliphatic carbocycles. The smallest absolute Gasteiger partial charge is 0.220 e. The summed E-state index contributed by atoms with van der Waals surface area (Å²) >= 11 is 0. The van der Waals surface area contributed by atoms with E-state index in [2.05, 4.69) is 19.2 Å². The summed E-state index contributed by atoms with van der Waals surface area (Å²) in [5, 5.41) is 3.02. The molecule has 2 rings (SSSR count). The van der Waals surface area contributed by atoms with Crippen molar-refractivity contribution in [3.8, 4) is 5.75 Å². The van der Waals surface area contributed by atoms with E-state index in [0.717, 1.165) is 13.0 Å². The van der Waals surface area contributed by atoms with Gasteiger partial charge in [-0.25, -0.2) is 0 Å². The third-order valence-electron chi connectivity index (χ3n) is 4.56. The minimum absolute atomic E-state index is 0.0376. The second-order valence-corrected chi connectivity index (χ2v) is 6.96. The molecule has 1 N–H and O–H groups in total. The molecule has 5 heteroatoms. The van der Waals surface area contributed by atoms with Gasteiger partial charge in [-0.15, -0.1) is 0 Å². The van der Waals surface area contributed by atoms with E-state index in [0.29, 0.717) is 49.1 Å². The summed E-state index contributed by atoms with van der Waals surface area (Å²) in [6.45, 7) is 7.81. The Bertz CT molecular complexity index is 568. The Balaban J connectivity index is 1.61. The van der Waals surface area contributed by atoms with Gasteiger partial charge in [-0.2, -0.15) is 0 Å². The average Bonchev–Trinajstić information content (AvgIpc) is 3.06. The lowest BCUT2D eigenvalue weighted by Gasteiger charge is -2.22. The van der Waals surface area contributed by atoms with Crippen molar-refractivity contribution >= 4 is 11.7 Å². The molecule has 1 aliphatic heterocycles. The van der Waals surface area contributed by atoms with Crippen LogP contribution in [0.1, 0.15) is 50.4 Å². The predicted octanol–water partition coefficient (Wildman–Crippen LogP) is 3.23. The van der Waals surface area contributed by atoms with E-state index >= 15 is 0 Å². The standard InChI is InChI=1S/C20H29NO4/c1-14(2)20-17(10-12-25-20)13-21-19(23)5-4-11-24-18-8-6-16(7-9-18)15(3)22/h6-9,14,17,20H,4-5,10-13H2,1-3H3,(H,21,23)/t17-,20+/m1/s1. The van der Waals surface area contributed by atoms with Crippen LogP contribution in [0, 0.1) is 11.8 Å². The highest BCUT2D eigenvalue weighted by Gasteiger charge is 2.30. The number of ketones is 1. The Morgan fingerprint density at radius 1 is 1.28 bits per heavy atom. The zero-order valence-electron chi connectivity index (χ0n) is 15.4. The van der Waals surface area contributed by atoms with Crippen molar-refractivity contribution in [2.75, 3.05) is 19.8 Å². The van der Waals surface area contributed by atoms with Gasteiger partial charge in [0.05, 0.1) is 12.7 Å².